The molecule has 0 saturated carbocycles. The van der Waals surface area contributed by atoms with Gasteiger partial charge in [0, 0.05) is 23.6 Å². The second kappa shape index (κ2) is 6.95. The van der Waals surface area contributed by atoms with E-state index in [2.05, 4.69) is 15.3 Å². The van der Waals surface area contributed by atoms with Gasteiger partial charge >= 0.3 is 0 Å². The van der Waals surface area contributed by atoms with Gasteiger partial charge in [0.15, 0.2) is 5.82 Å². The minimum atomic E-state index is -0.390. The highest BCUT2D eigenvalue weighted by molar-refractivity contribution is 6.42. The van der Waals surface area contributed by atoms with E-state index in [0.717, 1.165) is 0 Å². The van der Waals surface area contributed by atoms with E-state index in [1.807, 2.05) is 0 Å². The monoisotopic (exact) mass is 361 g/mol. The van der Waals surface area contributed by atoms with E-state index in [0.29, 0.717) is 27.1 Å². The van der Waals surface area contributed by atoms with E-state index in [1.165, 1.54) is 24.5 Å². The molecule has 0 aliphatic rings. The van der Waals surface area contributed by atoms with Gasteiger partial charge in [0.2, 0.25) is 0 Å². The third kappa shape index (κ3) is 3.69. The van der Waals surface area contributed by atoms with E-state index in [-0.39, 0.29) is 17.3 Å². The first-order valence-corrected chi connectivity index (χ1v) is 7.63. The van der Waals surface area contributed by atoms with Crippen molar-refractivity contribution in [3.8, 4) is 11.4 Å². The average Bonchev–Trinajstić information content (AvgIpc) is 2.58. The van der Waals surface area contributed by atoms with Crippen molar-refractivity contribution in [2.45, 2.75) is 0 Å². The van der Waals surface area contributed by atoms with Crippen LogP contribution in [0.2, 0.25) is 10.0 Å². The first kappa shape index (κ1) is 16.4. The normalized spacial score (nSPS) is 10.5. The van der Waals surface area contributed by atoms with Gasteiger partial charge in [0.05, 0.1) is 15.6 Å². The van der Waals surface area contributed by atoms with E-state index >= 15 is 0 Å². The number of hydrogen-bond acceptors (Lipinski definition) is 3. The molecule has 1 amide bonds. The highest BCUT2D eigenvalue weighted by Crippen LogP contribution is 2.25. The fourth-order valence-corrected chi connectivity index (χ4v) is 2.30. The molecular formula is C17H10Cl2FN3O. The Morgan fingerprint density at radius 3 is 2.42 bits per heavy atom. The summed E-state index contributed by atoms with van der Waals surface area (Å²) in [6.45, 7) is 0. The largest absolute Gasteiger partial charge is 0.322 e. The molecule has 0 unspecified atom stereocenters. The molecule has 1 aromatic heterocycles. The van der Waals surface area contributed by atoms with Crippen LogP contribution in [0, 0.1) is 5.82 Å². The smallest absolute Gasteiger partial charge is 0.258 e. The Kier molecular flexibility index (Phi) is 4.74. The Bertz CT molecular complexity index is 901. The predicted octanol–water partition coefficient (Wildman–Crippen LogP) is 4.84. The standard InChI is InChI=1S/C17H10Cl2FN3O/c18-14-5-4-13(7-15(14)19)23-17(24)11-8-21-16(22-9-11)10-2-1-3-12(20)6-10/h1-9H,(H,23,24). The molecule has 1 heterocycles. The average molecular weight is 362 g/mol. The molecule has 7 heteroatoms. The second-order valence-electron chi connectivity index (χ2n) is 4.89. The number of benzene rings is 2. The Balaban J connectivity index is 1.77. The maximum Gasteiger partial charge on any atom is 0.258 e. The molecule has 3 aromatic rings. The van der Waals surface area contributed by atoms with Crippen LogP contribution in [-0.2, 0) is 0 Å². The Morgan fingerprint density at radius 1 is 1.00 bits per heavy atom. The van der Waals surface area contributed by atoms with E-state index < -0.39 is 0 Å². The van der Waals surface area contributed by atoms with Gasteiger partial charge in [-0.25, -0.2) is 14.4 Å². The van der Waals surface area contributed by atoms with Crippen molar-refractivity contribution in [2.24, 2.45) is 0 Å². The zero-order valence-corrected chi connectivity index (χ0v) is 13.6. The van der Waals surface area contributed by atoms with Gasteiger partial charge in [0.1, 0.15) is 5.82 Å². The summed E-state index contributed by atoms with van der Waals surface area (Å²) in [5, 5.41) is 3.41. The van der Waals surface area contributed by atoms with Crippen LogP contribution in [0.1, 0.15) is 10.4 Å². The molecule has 0 fully saturated rings. The van der Waals surface area contributed by atoms with Crippen molar-refractivity contribution in [3.63, 3.8) is 0 Å². The fraction of sp³-hybridized carbons (Fsp3) is 0. The van der Waals surface area contributed by atoms with Crippen LogP contribution in [0.5, 0.6) is 0 Å². The summed E-state index contributed by atoms with van der Waals surface area (Å²) in [5.41, 5.74) is 1.30. The summed E-state index contributed by atoms with van der Waals surface area (Å²) in [7, 11) is 0. The Morgan fingerprint density at radius 2 is 1.75 bits per heavy atom. The Labute approximate surface area is 147 Å². The minimum absolute atomic E-state index is 0.265. The van der Waals surface area contributed by atoms with Crippen LogP contribution in [-0.4, -0.2) is 15.9 Å². The van der Waals surface area contributed by atoms with Crippen LogP contribution in [0.3, 0.4) is 0 Å². The second-order valence-corrected chi connectivity index (χ2v) is 5.70. The van der Waals surface area contributed by atoms with Crippen molar-refractivity contribution < 1.29 is 9.18 Å². The third-order valence-corrected chi connectivity index (χ3v) is 3.91. The number of nitrogens with zero attached hydrogens (tertiary/aromatic N) is 2. The third-order valence-electron chi connectivity index (χ3n) is 3.17. The molecule has 0 atom stereocenters. The number of halogens is 3. The molecule has 24 heavy (non-hydrogen) atoms. The highest BCUT2D eigenvalue weighted by atomic mass is 35.5. The van der Waals surface area contributed by atoms with Crippen molar-refractivity contribution in [2.75, 3.05) is 5.32 Å². The zero-order valence-electron chi connectivity index (χ0n) is 12.1. The van der Waals surface area contributed by atoms with Crippen LogP contribution >= 0.6 is 23.2 Å². The van der Waals surface area contributed by atoms with Crippen LogP contribution < -0.4 is 5.32 Å². The fourth-order valence-electron chi connectivity index (χ4n) is 2.00. The van der Waals surface area contributed by atoms with Gasteiger partial charge in [-0.15, -0.1) is 0 Å². The van der Waals surface area contributed by atoms with Crippen LogP contribution in [0.25, 0.3) is 11.4 Å². The minimum Gasteiger partial charge on any atom is -0.322 e. The van der Waals surface area contributed by atoms with Crippen molar-refractivity contribution in [1.82, 2.24) is 9.97 Å². The van der Waals surface area contributed by atoms with Crippen molar-refractivity contribution >= 4 is 34.8 Å². The molecule has 3 rings (SSSR count). The molecule has 0 aliphatic heterocycles. The Hall–Kier alpha value is -2.50. The maximum atomic E-state index is 13.2. The van der Waals surface area contributed by atoms with Gasteiger partial charge in [-0.1, -0.05) is 35.3 Å². The number of amides is 1. The number of rotatable bonds is 3. The van der Waals surface area contributed by atoms with Gasteiger partial charge < -0.3 is 5.32 Å². The SMILES string of the molecule is O=C(Nc1ccc(Cl)c(Cl)c1)c1cnc(-c2cccc(F)c2)nc1. The van der Waals surface area contributed by atoms with E-state index in [4.69, 9.17) is 23.2 Å². The molecule has 0 aliphatic carbocycles. The summed E-state index contributed by atoms with van der Waals surface area (Å²) in [4.78, 5) is 20.4. The zero-order chi connectivity index (χ0) is 17.1. The molecule has 1 N–H and O–H groups in total. The lowest BCUT2D eigenvalue weighted by molar-refractivity contribution is 0.102. The number of carbonyl (C=O) groups excluding carboxylic acids is 1. The lowest BCUT2D eigenvalue weighted by atomic mass is 10.2. The van der Waals surface area contributed by atoms with Crippen LogP contribution in [0.4, 0.5) is 10.1 Å². The van der Waals surface area contributed by atoms with Gasteiger partial charge in [-0.2, -0.15) is 0 Å². The lowest BCUT2D eigenvalue weighted by Crippen LogP contribution is -2.12. The van der Waals surface area contributed by atoms with E-state index in [9.17, 15) is 9.18 Å². The molecule has 0 spiro atoms. The lowest BCUT2D eigenvalue weighted by Gasteiger charge is -2.06. The maximum absolute atomic E-state index is 13.2. The van der Waals surface area contributed by atoms with Crippen molar-refractivity contribution in [3.05, 3.63) is 76.3 Å². The molecular weight excluding hydrogens is 352 g/mol. The first-order chi connectivity index (χ1) is 11.5. The summed E-state index contributed by atoms with van der Waals surface area (Å²) in [6.07, 6.45) is 2.75. The van der Waals surface area contributed by atoms with Crippen molar-refractivity contribution in [1.29, 1.82) is 0 Å². The van der Waals surface area contributed by atoms with Crippen LogP contribution in [0.15, 0.2) is 54.9 Å². The summed E-state index contributed by atoms with van der Waals surface area (Å²) < 4.78 is 13.2. The quantitative estimate of drug-likeness (QED) is 0.725. The summed E-state index contributed by atoms with van der Waals surface area (Å²) >= 11 is 11.7. The summed E-state index contributed by atoms with van der Waals surface area (Å²) in [6, 6.07) is 10.7. The molecule has 120 valence electrons. The molecule has 0 bridgehead atoms. The topological polar surface area (TPSA) is 54.9 Å². The predicted molar refractivity (Wildman–Crippen MR) is 91.8 cm³/mol. The number of nitrogens with one attached hydrogen (secondary N) is 1. The highest BCUT2D eigenvalue weighted by Gasteiger charge is 2.10. The number of carbonyl (C=O) groups is 1. The molecule has 2 aromatic carbocycles. The van der Waals surface area contributed by atoms with Gasteiger partial charge in [-0.3, -0.25) is 4.79 Å². The molecule has 4 nitrogen and oxygen atoms in total. The van der Waals surface area contributed by atoms with Gasteiger partial charge in [0.25, 0.3) is 5.91 Å². The summed E-state index contributed by atoms with van der Waals surface area (Å²) in [5.74, 6) is -0.433. The number of aromatic nitrogens is 2. The molecule has 0 saturated heterocycles. The number of hydrogen-bond donors (Lipinski definition) is 1. The van der Waals surface area contributed by atoms with E-state index in [1.54, 1.807) is 30.3 Å². The van der Waals surface area contributed by atoms with Gasteiger partial charge in [-0.05, 0) is 30.3 Å². The number of anilines is 1. The first-order valence-electron chi connectivity index (χ1n) is 6.87. The molecule has 0 radical (unpaired) electrons.